The number of rotatable bonds is 6. The van der Waals surface area contributed by atoms with E-state index in [0.29, 0.717) is 18.8 Å². The molecule has 0 unspecified atom stereocenters. The zero-order valence-electron chi connectivity index (χ0n) is 21.5. The molecule has 1 amide bonds. The van der Waals surface area contributed by atoms with Gasteiger partial charge in [0, 0.05) is 24.2 Å². The van der Waals surface area contributed by atoms with Crippen LogP contribution in [-0.4, -0.2) is 48.8 Å². The van der Waals surface area contributed by atoms with Crippen LogP contribution in [0.3, 0.4) is 0 Å². The molecular weight excluding hydrogens is 578 g/mol. The number of alkyl halides is 6. The Morgan fingerprint density at radius 2 is 1.45 bits per heavy atom. The fourth-order valence-electron chi connectivity index (χ4n) is 3.33. The highest BCUT2D eigenvalue weighted by Gasteiger charge is 2.29. The third-order valence-electron chi connectivity index (χ3n) is 5.16. The third kappa shape index (κ3) is 9.50. The molecule has 42 heavy (non-hydrogen) atoms. The van der Waals surface area contributed by atoms with Crippen molar-refractivity contribution in [1.29, 1.82) is 0 Å². The average molecular weight is 600 g/mol. The second kappa shape index (κ2) is 14.5. The Bertz CT molecular complexity index is 1480. The first-order chi connectivity index (χ1) is 19.7. The van der Waals surface area contributed by atoms with Gasteiger partial charge in [-0.15, -0.1) is 0 Å². The molecule has 0 atom stereocenters. The van der Waals surface area contributed by atoms with E-state index in [9.17, 15) is 31.1 Å². The minimum atomic E-state index is -5.19. The van der Waals surface area contributed by atoms with Gasteiger partial charge in [0.25, 0.3) is 0 Å². The van der Waals surface area contributed by atoms with Crippen LogP contribution < -0.4 is 29.7 Å². The summed E-state index contributed by atoms with van der Waals surface area (Å²) in [5.41, 5.74) is 3.93. The number of H-pyrrole nitrogens is 2. The lowest BCUT2D eigenvalue weighted by Crippen LogP contribution is -2.37. The molecular formula is C26H22F6N4O6. The molecule has 0 spiro atoms. The molecule has 0 fully saturated rings. The van der Waals surface area contributed by atoms with Crippen LogP contribution in [-0.2, 0) is 16.0 Å². The van der Waals surface area contributed by atoms with Crippen LogP contribution in [0.1, 0.15) is 16.2 Å². The predicted octanol–water partition coefficient (Wildman–Crippen LogP) is 0.813. The zero-order chi connectivity index (χ0) is 31.5. The Labute approximate surface area is 233 Å². The number of carboxylic acids is 2. The fourth-order valence-corrected chi connectivity index (χ4v) is 3.33. The van der Waals surface area contributed by atoms with Crippen LogP contribution >= 0.6 is 0 Å². The quantitative estimate of drug-likeness (QED) is 0.247. The van der Waals surface area contributed by atoms with Crippen molar-refractivity contribution in [3.63, 3.8) is 0 Å². The van der Waals surface area contributed by atoms with Gasteiger partial charge in [0.05, 0.1) is 13.3 Å². The number of nitrogens with one attached hydrogen (secondary N) is 3. The minimum absolute atomic E-state index is 0.148. The van der Waals surface area contributed by atoms with E-state index in [1.54, 1.807) is 7.11 Å². The maximum absolute atomic E-state index is 12.8. The molecule has 224 valence electrons. The van der Waals surface area contributed by atoms with E-state index in [2.05, 4.69) is 15.3 Å². The summed E-state index contributed by atoms with van der Waals surface area (Å²) < 4.78 is 70.3. The lowest BCUT2D eigenvalue weighted by atomic mass is 10.1. The van der Waals surface area contributed by atoms with E-state index in [0.717, 1.165) is 28.1 Å². The Morgan fingerprint density at radius 3 is 2.00 bits per heavy atom. The van der Waals surface area contributed by atoms with Crippen LogP contribution in [0.15, 0.2) is 73.2 Å². The highest BCUT2D eigenvalue weighted by Crippen LogP contribution is 2.21. The Morgan fingerprint density at radius 1 is 0.905 bits per heavy atom. The van der Waals surface area contributed by atoms with Crippen LogP contribution in [0.25, 0.3) is 16.8 Å². The van der Waals surface area contributed by atoms with Crippen molar-refractivity contribution in [2.75, 3.05) is 13.7 Å². The summed E-state index contributed by atoms with van der Waals surface area (Å²) in [5.74, 6) is -4.83. The number of nitrogens with zero attached hydrogens (tertiary/aromatic N) is 1. The number of carbonyl (C=O) groups excluding carboxylic acids is 3. The van der Waals surface area contributed by atoms with E-state index in [-0.39, 0.29) is 5.91 Å². The first-order valence-electron chi connectivity index (χ1n) is 11.6. The zero-order valence-corrected chi connectivity index (χ0v) is 21.5. The molecule has 3 heterocycles. The summed E-state index contributed by atoms with van der Waals surface area (Å²) in [5, 5.41) is 20.6. The fraction of sp³-hybridized carbons (Fsp3) is 0.192. The molecule has 10 nitrogen and oxygen atoms in total. The molecule has 0 bridgehead atoms. The van der Waals surface area contributed by atoms with E-state index < -0.39 is 24.3 Å². The number of hydrogen-bond acceptors (Lipinski definition) is 6. The second-order valence-electron chi connectivity index (χ2n) is 7.98. The molecule has 0 radical (unpaired) electrons. The number of aromatic nitrogens is 3. The minimum Gasteiger partial charge on any atom is -0.542 e. The summed E-state index contributed by atoms with van der Waals surface area (Å²) in [6.45, 7) is 0.517. The summed E-state index contributed by atoms with van der Waals surface area (Å²) in [4.78, 5) is 36.7. The summed E-state index contributed by atoms with van der Waals surface area (Å²) in [6, 6.07) is 17.7. The molecule has 4 rings (SSSR count). The summed E-state index contributed by atoms with van der Waals surface area (Å²) >= 11 is 0. The third-order valence-corrected chi connectivity index (χ3v) is 5.16. The number of benzene rings is 1. The maximum atomic E-state index is 12.8. The number of pyridine rings is 2. The van der Waals surface area contributed by atoms with Gasteiger partial charge in [-0.1, -0.05) is 24.3 Å². The smallest absolute Gasteiger partial charge is 0.430 e. The van der Waals surface area contributed by atoms with Crippen LogP contribution in [0, 0.1) is 0 Å². The highest BCUT2D eigenvalue weighted by molar-refractivity contribution is 5.91. The van der Waals surface area contributed by atoms with E-state index >= 15 is 0 Å². The summed E-state index contributed by atoms with van der Waals surface area (Å²) in [7, 11) is 1.65. The van der Waals surface area contributed by atoms with Gasteiger partial charge in [0.1, 0.15) is 17.7 Å². The van der Waals surface area contributed by atoms with Gasteiger partial charge < -0.3 is 29.9 Å². The van der Waals surface area contributed by atoms with Crippen molar-refractivity contribution in [3.8, 4) is 17.0 Å². The lowest BCUT2D eigenvalue weighted by molar-refractivity contribution is -0.513. The van der Waals surface area contributed by atoms with Gasteiger partial charge in [-0.3, -0.25) is 4.79 Å². The molecule has 3 N–H and O–H groups in total. The predicted molar refractivity (Wildman–Crippen MR) is 127 cm³/mol. The van der Waals surface area contributed by atoms with E-state index in [4.69, 9.17) is 24.5 Å². The number of aliphatic carboxylic acids is 2. The van der Waals surface area contributed by atoms with Crippen molar-refractivity contribution in [3.05, 3.63) is 84.6 Å². The number of hydrogen-bond donors (Lipinski definition) is 2. The largest absolute Gasteiger partial charge is 0.542 e. The Kier molecular flexibility index (Phi) is 11.4. The van der Waals surface area contributed by atoms with Crippen molar-refractivity contribution in [2.45, 2.75) is 18.8 Å². The molecule has 0 saturated heterocycles. The molecule has 4 aromatic rings. The molecule has 16 heteroatoms. The number of aromatic amines is 2. The van der Waals surface area contributed by atoms with Gasteiger partial charge in [-0.25, -0.2) is 9.97 Å². The molecule has 0 aliphatic rings. The SMILES string of the molecule is COc1ccccc1CCNC(=O)c1[nH]c(-c2cc[nH+]cc2)c2cccc[n+]12.O=C([O-])C(F)(F)F.O=C([O-])C(F)(F)F. The Hall–Kier alpha value is -5.15. The molecule has 0 saturated carbocycles. The van der Waals surface area contributed by atoms with Gasteiger partial charge in [-0.2, -0.15) is 30.7 Å². The number of imidazole rings is 1. The monoisotopic (exact) mass is 600 g/mol. The number of methoxy groups -OCH3 is 1. The number of fused-ring (bicyclic) bond motifs is 1. The van der Waals surface area contributed by atoms with Crippen molar-refractivity contribution < 1.29 is 65.1 Å². The molecule has 0 aliphatic heterocycles. The number of amides is 1. The van der Waals surface area contributed by atoms with Gasteiger partial charge in [-0.05, 0) is 30.2 Å². The molecule has 1 aromatic carbocycles. The maximum Gasteiger partial charge on any atom is 0.430 e. The van der Waals surface area contributed by atoms with Crippen molar-refractivity contribution in [1.82, 2.24) is 10.3 Å². The molecule has 3 aromatic heterocycles. The second-order valence-corrected chi connectivity index (χ2v) is 7.98. The number of para-hydroxylation sites is 1. The van der Waals surface area contributed by atoms with Gasteiger partial charge >= 0.3 is 24.1 Å². The first kappa shape index (κ1) is 33.1. The van der Waals surface area contributed by atoms with E-state index in [1.807, 2.05) is 77.6 Å². The van der Waals surface area contributed by atoms with E-state index in [1.165, 1.54) is 0 Å². The number of ether oxygens (including phenoxy) is 1. The standard InChI is InChI=1S/C22H20N4O2.2C2HF3O2/c1-28-19-8-3-2-6-16(19)11-14-24-22(27)21-25-20(17-9-12-23-13-10-17)18-7-4-5-15-26(18)21;2*3-2(4,5)1(6)7/h2-10,12-13,15H,11,14H2,1H3,(H,24,27);2*(H,6,7). The van der Waals surface area contributed by atoms with Crippen molar-refractivity contribution in [2.24, 2.45) is 0 Å². The van der Waals surface area contributed by atoms with Crippen LogP contribution in [0.2, 0.25) is 0 Å². The normalized spacial score (nSPS) is 10.9. The molecule has 0 aliphatic carbocycles. The van der Waals surface area contributed by atoms with Gasteiger partial charge in [0.15, 0.2) is 23.6 Å². The topological polar surface area (TPSA) is 153 Å². The number of carbonyl (C=O) groups is 3. The lowest BCUT2D eigenvalue weighted by Gasteiger charge is -2.08. The first-order valence-corrected chi connectivity index (χ1v) is 11.6. The highest BCUT2D eigenvalue weighted by atomic mass is 19.4. The average Bonchev–Trinajstić information content (AvgIpc) is 3.33. The number of halogens is 6. The van der Waals surface area contributed by atoms with Gasteiger partial charge in [0.2, 0.25) is 0 Å². The van der Waals surface area contributed by atoms with Crippen LogP contribution in [0.5, 0.6) is 5.75 Å². The summed E-state index contributed by atoms with van der Waals surface area (Å²) in [6.07, 6.45) is -4.08. The van der Waals surface area contributed by atoms with Crippen molar-refractivity contribution >= 4 is 23.4 Å². The Balaban J connectivity index is 0.000000367. The van der Waals surface area contributed by atoms with Crippen LogP contribution in [0.4, 0.5) is 26.3 Å². The number of carboxylic acid groups (broad SMARTS) is 2.